The van der Waals surface area contributed by atoms with E-state index in [0.717, 1.165) is 22.3 Å². The molecule has 0 saturated heterocycles. The van der Waals surface area contributed by atoms with Crippen molar-refractivity contribution in [3.8, 4) is 0 Å². The number of benzene rings is 1. The standard InChI is InChI=1S/C11H13BrClN/c12-8-2-4-10(11(13)6-8)7-1-3-9(14)5-7/h2,4,6-7,9H,1,3,5,14H2. The van der Waals surface area contributed by atoms with Gasteiger partial charge in [-0.05, 0) is 42.9 Å². The minimum Gasteiger partial charge on any atom is -0.328 e. The summed E-state index contributed by atoms with van der Waals surface area (Å²) in [5, 5.41) is 0.860. The van der Waals surface area contributed by atoms with Gasteiger partial charge < -0.3 is 5.73 Å². The Hall–Kier alpha value is -0.0500. The van der Waals surface area contributed by atoms with E-state index in [9.17, 15) is 0 Å². The molecule has 1 nitrogen and oxygen atoms in total. The van der Waals surface area contributed by atoms with Crippen molar-refractivity contribution < 1.29 is 0 Å². The number of halogens is 2. The topological polar surface area (TPSA) is 26.0 Å². The van der Waals surface area contributed by atoms with E-state index in [-0.39, 0.29) is 0 Å². The summed E-state index contributed by atoms with van der Waals surface area (Å²) < 4.78 is 1.04. The van der Waals surface area contributed by atoms with Crippen molar-refractivity contribution in [2.45, 2.75) is 31.2 Å². The van der Waals surface area contributed by atoms with Crippen molar-refractivity contribution in [3.63, 3.8) is 0 Å². The van der Waals surface area contributed by atoms with Crippen LogP contribution in [0.2, 0.25) is 5.02 Å². The first-order valence-corrected chi connectivity index (χ1v) is 6.04. The Labute approximate surface area is 97.8 Å². The maximum absolute atomic E-state index is 6.19. The maximum atomic E-state index is 6.19. The summed E-state index contributed by atoms with van der Waals surface area (Å²) in [5.41, 5.74) is 7.14. The third-order valence-corrected chi connectivity index (χ3v) is 3.70. The number of hydrogen-bond acceptors (Lipinski definition) is 1. The summed E-state index contributed by atoms with van der Waals surface area (Å²) in [7, 11) is 0. The molecule has 2 rings (SSSR count). The second-order valence-electron chi connectivity index (χ2n) is 3.94. The lowest BCUT2D eigenvalue weighted by Gasteiger charge is -2.12. The van der Waals surface area contributed by atoms with E-state index in [4.69, 9.17) is 17.3 Å². The second kappa shape index (κ2) is 4.21. The minimum absolute atomic E-state index is 0.361. The van der Waals surface area contributed by atoms with Crippen molar-refractivity contribution in [2.75, 3.05) is 0 Å². The second-order valence-corrected chi connectivity index (χ2v) is 5.26. The SMILES string of the molecule is NC1CCC(c2ccc(Br)cc2Cl)C1. The molecule has 2 atom stereocenters. The predicted molar refractivity (Wildman–Crippen MR) is 63.7 cm³/mol. The molecule has 1 aliphatic rings. The van der Waals surface area contributed by atoms with Gasteiger partial charge in [0.2, 0.25) is 0 Å². The van der Waals surface area contributed by atoms with Gasteiger partial charge in [-0.15, -0.1) is 0 Å². The Balaban J connectivity index is 2.24. The molecule has 1 aromatic carbocycles. The van der Waals surface area contributed by atoms with Gasteiger partial charge >= 0.3 is 0 Å². The Kier molecular flexibility index (Phi) is 3.15. The molecule has 1 fully saturated rings. The smallest absolute Gasteiger partial charge is 0.0452 e. The van der Waals surface area contributed by atoms with Crippen LogP contribution < -0.4 is 5.73 Å². The summed E-state index contributed by atoms with van der Waals surface area (Å²) in [6.45, 7) is 0. The molecule has 0 radical (unpaired) electrons. The molecular weight excluding hydrogens is 261 g/mol. The molecule has 1 aromatic rings. The van der Waals surface area contributed by atoms with E-state index in [1.54, 1.807) is 0 Å². The van der Waals surface area contributed by atoms with Crippen LogP contribution in [-0.4, -0.2) is 6.04 Å². The fourth-order valence-corrected chi connectivity index (χ4v) is 2.96. The van der Waals surface area contributed by atoms with Gasteiger partial charge in [0.25, 0.3) is 0 Å². The monoisotopic (exact) mass is 273 g/mol. The first kappa shape index (κ1) is 10.5. The Bertz CT molecular complexity index is 340. The van der Waals surface area contributed by atoms with Crippen LogP contribution in [0.4, 0.5) is 0 Å². The molecule has 14 heavy (non-hydrogen) atoms. The first-order valence-electron chi connectivity index (χ1n) is 4.87. The number of rotatable bonds is 1. The third kappa shape index (κ3) is 2.13. The largest absolute Gasteiger partial charge is 0.328 e. The summed E-state index contributed by atoms with van der Waals surface area (Å²) in [6.07, 6.45) is 3.36. The summed E-state index contributed by atoms with van der Waals surface area (Å²) >= 11 is 9.59. The first-order chi connectivity index (χ1) is 6.66. The highest BCUT2D eigenvalue weighted by atomic mass is 79.9. The quantitative estimate of drug-likeness (QED) is 0.830. The van der Waals surface area contributed by atoms with Gasteiger partial charge in [-0.3, -0.25) is 0 Å². The van der Waals surface area contributed by atoms with Gasteiger partial charge in [-0.1, -0.05) is 33.6 Å². The maximum Gasteiger partial charge on any atom is 0.0452 e. The van der Waals surface area contributed by atoms with E-state index in [1.165, 1.54) is 12.0 Å². The molecule has 1 aliphatic carbocycles. The van der Waals surface area contributed by atoms with E-state index in [1.807, 2.05) is 12.1 Å². The van der Waals surface area contributed by atoms with Gasteiger partial charge in [0.1, 0.15) is 0 Å². The molecule has 0 aliphatic heterocycles. The molecule has 1 saturated carbocycles. The van der Waals surface area contributed by atoms with Crippen LogP contribution in [0.3, 0.4) is 0 Å². The number of nitrogens with two attached hydrogens (primary N) is 1. The van der Waals surface area contributed by atoms with Crippen molar-refractivity contribution in [3.05, 3.63) is 33.3 Å². The van der Waals surface area contributed by atoms with Crippen LogP contribution in [0.1, 0.15) is 30.7 Å². The molecule has 2 unspecified atom stereocenters. The van der Waals surface area contributed by atoms with Crippen molar-refractivity contribution in [1.29, 1.82) is 0 Å². The van der Waals surface area contributed by atoms with Crippen LogP contribution >= 0.6 is 27.5 Å². The normalized spacial score (nSPS) is 26.8. The summed E-state index contributed by atoms with van der Waals surface area (Å²) in [6, 6.07) is 6.47. The van der Waals surface area contributed by atoms with E-state index in [2.05, 4.69) is 22.0 Å². The van der Waals surface area contributed by atoms with E-state index < -0.39 is 0 Å². The third-order valence-electron chi connectivity index (χ3n) is 2.88. The minimum atomic E-state index is 0.361. The van der Waals surface area contributed by atoms with Crippen molar-refractivity contribution in [1.82, 2.24) is 0 Å². The van der Waals surface area contributed by atoms with Gasteiger partial charge in [-0.2, -0.15) is 0 Å². The lowest BCUT2D eigenvalue weighted by Crippen LogP contribution is -2.14. The molecule has 0 amide bonds. The highest BCUT2D eigenvalue weighted by molar-refractivity contribution is 9.10. The molecule has 76 valence electrons. The van der Waals surface area contributed by atoms with Gasteiger partial charge in [0.15, 0.2) is 0 Å². The Morgan fingerprint density at radius 3 is 2.71 bits per heavy atom. The van der Waals surface area contributed by atoms with Crippen LogP contribution in [0.15, 0.2) is 22.7 Å². The number of hydrogen-bond donors (Lipinski definition) is 1. The fraction of sp³-hybridized carbons (Fsp3) is 0.455. The zero-order chi connectivity index (χ0) is 10.1. The lowest BCUT2D eigenvalue weighted by molar-refractivity contribution is 0.675. The molecule has 0 bridgehead atoms. The fourth-order valence-electron chi connectivity index (χ4n) is 2.13. The molecule has 2 N–H and O–H groups in total. The van der Waals surface area contributed by atoms with Crippen LogP contribution in [0, 0.1) is 0 Å². The zero-order valence-electron chi connectivity index (χ0n) is 7.84. The van der Waals surface area contributed by atoms with Crippen LogP contribution in [0.5, 0.6) is 0 Å². The molecule has 0 aromatic heterocycles. The highest BCUT2D eigenvalue weighted by Gasteiger charge is 2.24. The molecule has 0 spiro atoms. The Morgan fingerprint density at radius 1 is 1.36 bits per heavy atom. The van der Waals surface area contributed by atoms with Gasteiger partial charge in [0, 0.05) is 15.5 Å². The summed E-state index contributed by atoms with van der Waals surface area (Å²) in [4.78, 5) is 0. The molecular formula is C11H13BrClN. The van der Waals surface area contributed by atoms with Crippen molar-refractivity contribution >= 4 is 27.5 Å². The van der Waals surface area contributed by atoms with E-state index in [0.29, 0.717) is 12.0 Å². The highest BCUT2D eigenvalue weighted by Crippen LogP contribution is 2.37. The van der Waals surface area contributed by atoms with Crippen LogP contribution in [0.25, 0.3) is 0 Å². The van der Waals surface area contributed by atoms with Crippen LogP contribution in [-0.2, 0) is 0 Å². The predicted octanol–water partition coefficient (Wildman–Crippen LogP) is 3.70. The zero-order valence-corrected chi connectivity index (χ0v) is 10.2. The average molecular weight is 275 g/mol. The molecule has 3 heteroatoms. The van der Waals surface area contributed by atoms with Gasteiger partial charge in [-0.25, -0.2) is 0 Å². The average Bonchev–Trinajstić information content (AvgIpc) is 2.51. The van der Waals surface area contributed by atoms with E-state index >= 15 is 0 Å². The van der Waals surface area contributed by atoms with Crippen molar-refractivity contribution in [2.24, 2.45) is 5.73 Å². The lowest BCUT2D eigenvalue weighted by atomic mass is 9.97. The summed E-state index contributed by atoms with van der Waals surface area (Å²) in [5.74, 6) is 0.561. The molecule has 0 heterocycles. The Morgan fingerprint density at radius 2 is 2.14 bits per heavy atom. The van der Waals surface area contributed by atoms with Gasteiger partial charge in [0.05, 0.1) is 0 Å².